The number of carboxylic acids is 1. The van der Waals surface area contributed by atoms with Crippen LogP contribution in [0.15, 0.2) is 33.5 Å². The summed E-state index contributed by atoms with van der Waals surface area (Å²) in [5.41, 5.74) is 8.17. The Morgan fingerprint density at radius 3 is 2.50 bits per heavy atom. The summed E-state index contributed by atoms with van der Waals surface area (Å²) in [5, 5.41) is 10.1. The Bertz CT molecular complexity index is 1200. The number of carbonyl (C=O) groups is 2. The predicted molar refractivity (Wildman–Crippen MR) is 121 cm³/mol. The SMILES string of the molecule is CCCCCc1c2nc3ccc(NC(=O)CCN)cc3oc-2cc(=O)c1Cl.O=C(O)C(F)(F)F. The molecular formula is C22H23ClF3N3O5. The molecule has 1 aromatic carbocycles. The Kier molecular flexibility index (Phi) is 9.39. The number of nitrogens with one attached hydrogen (secondary N) is 1. The zero-order valence-electron chi connectivity index (χ0n) is 18.2. The van der Waals surface area contributed by atoms with Gasteiger partial charge in [0.15, 0.2) is 11.3 Å². The lowest BCUT2D eigenvalue weighted by Crippen LogP contribution is -2.21. The van der Waals surface area contributed by atoms with Gasteiger partial charge in [-0.15, -0.1) is 0 Å². The van der Waals surface area contributed by atoms with Gasteiger partial charge in [-0.2, -0.15) is 13.2 Å². The lowest BCUT2D eigenvalue weighted by Gasteiger charge is -2.13. The first kappa shape index (κ1) is 27.1. The highest BCUT2D eigenvalue weighted by molar-refractivity contribution is 6.31. The van der Waals surface area contributed by atoms with Crippen molar-refractivity contribution >= 4 is 40.3 Å². The van der Waals surface area contributed by atoms with E-state index in [4.69, 9.17) is 31.7 Å². The molecule has 0 aromatic heterocycles. The first-order valence-corrected chi connectivity index (χ1v) is 10.7. The number of aromatic nitrogens is 1. The second-order valence-electron chi connectivity index (χ2n) is 7.26. The average Bonchev–Trinajstić information content (AvgIpc) is 2.75. The number of carboxylic acid groups (broad SMARTS) is 1. The van der Waals surface area contributed by atoms with E-state index in [-0.39, 0.29) is 29.3 Å². The van der Waals surface area contributed by atoms with Crippen LogP contribution in [0.1, 0.15) is 38.2 Å². The van der Waals surface area contributed by atoms with Crippen LogP contribution < -0.4 is 16.5 Å². The number of rotatable bonds is 7. The van der Waals surface area contributed by atoms with Crippen LogP contribution in [0.2, 0.25) is 5.02 Å². The minimum absolute atomic E-state index is 0.169. The predicted octanol–water partition coefficient (Wildman–Crippen LogP) is 4.60. The zero-order valence-corrected chi connectivity index (χ0v) is 18.9. The van der Waals surface area contributed by atoms with E-state index in [0.29, 0.717) is 34.7 Å². The Morgan fingerprint density at radius 1 is 1.24 bits per heavy atom. The van der Waals surface area contributed by atoms with Crippen LogP contribution in [0.3, 0.4) is 0 Å². The van der Waals surface area contributed by atoms with Gasteiger partial charge in [0.1, 0.15) is 11.2 Å². The fourth-order valence-electron chi connectivity index (χ4n) is 2.99. The van der Waals surface area contributed by atoms with E-state index in [9.17, 15) is 22.8 Å². The van der Waals surface area contributed by atoms with Gasteiger partial charge in [-0.1, -0.05) is 31.4 Å². The first-order valence-electron chi connectivity index (χ1n) is 10.3. The smallest absolute Gasteiger partial charge is 0.475 e. The van der Waals surface area contributed by atoms with E-state index in [1.165, 1.54) is 6.07 Å². The lowest BCUT2D eigenvalue weighted by molar-refractivity contribution is -0.192. The van der Waals surface area contributed by atoms with E-state index in [0.717, 1.165) is 24.8 Å². The minimum Gasteiger partial charge on any atom is -0.475 e. The summed E-state index contributed by atoms with van der Waals surface area (Å²) < 4.78 is 37.7. The summed E-state index contributed by atoms with van der Waals surface area (Å²) >= 11 is 6.26. The van der Waals surface area contributed by atoms with Crippen molar-refractivity contribution in [2.45, 2.75) is 45.2 Å². The summed E-state index contributed by atoms with van der Waals surface area (Å²) in [6.07, 6.45) is -1.10. The molecule has 0 unspecified atom stereocenters. The largest absolute Gasteiger partial charge is 0.490 e. The first-order chi connectivity index (χ1) is 16.0. The fourth-order valence-corrected chi connectivity index (χ4v) is 3.23. The second-order valence-corrected chi connectivity index (χ2v) is 7.64. The van der Waals surface area contributed by atoms with Crippen molar-refractivity contribution in [3.05, 3.63) is 45.1 Å². The molecule has 3 rings (SSSR count). The molecule has 0 radical (unpaired) electrons. The van der Waals surface area contributed by atoms with E-state index >= 15 is 0 Å². The molecule has 4 N–H and O–H groups in total. The van der Waals surface area contributed by atoms with Crippen LogP contribution in [-0.4, -0.2) is 34.7 Å². The molecule has 0 bridgehead atoms. The van der Waals surface area contributed by atoms with E-state index in [1.54, 1.807) is 18.2 Å². The third kappa shape index (κ3) is 7.16. The topological polar surface area (TPSA) is 136 Å². The molecule has 0 saturated heterocycles. The van der Waals surface area contributed by atoms with Gasteiger partial charge in [0.25, 0.3) is 0 Å². The van der Waals surface area contributed by atoms with Crippen molar-refractivity contribution in [1.82, 2.24) is 4.98 Å². The highest BCUT2D eigenvalue weighted by atomic mass is 35.5. The lowest BCUT2D eigenvalue weighted by atomic mass is 10.0. The molecular weight excluding hydrogens is 479 g/mol. The molecule has 1 heterocycles. The number of benzene rings is 2. The molecule has 1 aliphatic heterocycles. The van der Waals surface area contributed by atoms with Gasteiger partial charge in [-0.25, -0.2) is 9.78 Å². The number of hydrogen-bond donors (Lipinski definition) is 3. The summed E-state index contributed by atoms with van der Waals surface area (Å²) in [6, 6.07) is 6.58. The summed E-state index contributed by atoms with van der Waals surface area (Å²) in [4.78, 5) is 37.5. The Labute approximate surface area is 197 Å². The van der Waals surface area contributed by atoms with Gasteiger partial charge in [0.2, 0.25) is 11.3 Å². The Morgan fingerprint density at radius 2 is 1.91 bits per heavy atom. The number of amides is 1. The number of hydrogen-bond acceptors (Lipinski definition) is 6. The molecule has 1 aliphatic carbocycles. The number of fused-ring (bicyclic) bond motifs is 2. The van der Waals surface area contributed by atoms with Crippen molar-refractivity contribution in [2.24, 2.45) is 5.73 Å². The highest BCUT2D eigenvalue weighted by Crippen LogP contribution is 2.32. The maximum Gasteiger partial charge on any atom is 0.490 e. The van der Waals surface area contributed by atoms with Crippen molar-refractivity contribution < 1.29 is 32.3 Å². The van der Waals surface area contributed by atoms with Gasteiger partial charge in [0, 0.05) is 36.3 Å². The van der Waals surface area contributed by atoms with Gasteiger partial charge in [0.05, 0.1) is 5.02 Å². The number of unbranched alkanes of at least 4 members (excludes halogenated alkanes) is 2. The monoisotopic (exact) mass is 501 g/mol. The molecule has 0 spiro atoms. The Hall–Kier alpha value is -3.18. The third-order valence-electron chi connectivity index (χ3n) is 4.60. The molecule has 8 nitrogen and oxygen atoms in total. The molecule has 1 amide bonds. The van der Waals surface area contributed by atoms with E-state index in [1.807, 2.05) is 0 Å². The van der Waals surface area contributed by atoms with Gasteiger partial charge in [-0.3, -0.25) is 9.59 Å². The summed E-state index contributed by atoms with van der Waals surface area (Å²) in [6.45, 7) is 2.40. The molecule has 0 fully saturated rings. The molecule has 1 aromatic rings. The normalized spacial score (nSPS) is 11.2. The fraction of sp³-hybridized carbons (Fsp3) is 0.364. The highest BCUT2D eigenvalue weighted by Gasteiger charge is 2.38. The van der Waals surface area contributed by atoms with Crippen LogP contribution in [0, 0.1) is 0 Å². The van der Waals surface area contributed by atoms with Crippen molar-refractivity contribution in [3.8, 4) is 11.5 Å². The van der Waals surface area contributed by atoms with Crippen LogP contribution in [-0.2, 0) is 16.0 Å². The van der Waals surface area contributed by atoms with Crippen molar-refractivity contribution in [3.63, 3.8) is 0 Å². The van der Waals surface area contributed by atoms with Crippen LogP contribution in [0.5, 0.6) is 0 Å². The van der Waals surface area contributed by atoms with Gasteiger partial charge >= 0.3 is 12.1 Å². The molecule has 12 heteroatoms. The number of anilines is 1. The number of carbonyl (C=O) groups excluding carboxylic acids is 1. The molecule has 0 saturated carbocycles. The second kappa shape index (κ2) is 11.8. The van der Waals surface area contributed by atoms with Crippen molar-refractivity contribution in [1.29, 1.82) is 0 Å². The standard InChI is InChI=1S/C20H22ClN3O3.C2HF3O2/c1-2-3-4-5-13-19(21)15(25)11-17-20(13)24-14-7-6-12(10-16(14)27-17)23-18(26)8-9-22;3-2(4,5)1(6)7/h6-7,10-11H,2-5,8-9,22H2,1H3,(H,23,26);(H,6,7). The van der Waals surface area contributed by atoms with E-state index in [2.05, 4.69) is 17.2 Å². The molecule has 34 heavy (non-hydrogen) atoms. The summed E-state index contributed by atoms with van der Waals surface area (Å²) in [5.74, 6) is -2.53. The van der Waals surface area contributed by atoms with Crippen molar-refractivity contribution in [2.75, 3.05) is 11.9 Å². The maximum absolute atomic E-state index is 12.2. The minimum atomic E-state index is -5.08. The number of aliphatic carboxylic acids is 1. The molecule has 184 valence electrons. The quantitative estimate of drug-likeness (QED) is 0.318. The molecule has 0 atom stereocenters. The van der Waals surface area contributed by atoms with Crippen LogP contribution in [0.4, 0.5) is 18.9 Å². The Balaban J connectivity index is 0.000000509. The van der Waals surface area contributed by atoms with Crippen LogP contribution >= 0.6 is 11.6 Å². The van der Waals surface area contributed by atoms with Gasteiger partial charge < -0.3 is 20.6 Å². The zero-order chi connectivity index (χ0) is 25.5. The summed E-state index contributed by atoms with van der Waals surface area (Å²) in [7, 11) is 0. The number of alkyl halides is 3. The third-order valence-corrected chi connectivity index (χ3v) is 5.02. The number of nitrogens with two attached hydrogens (primary N) is 1. The van der Waals surface area contributed by atoms with Crippen LogP contribution in [0.25, 0.3) is 22.6 Å². The average molecular weight is 502 g/mol. The number of halogens is 4. The molecule has 2 aliphatic rings. The van der Waals surface area contributed by atoms with E-state index < -0.39 is 12.1 Å². The maximum atomic E-state index is 12.2. The number of nitrogens with zero attached hydrogens (tertiary/aromatic N) is 1. The van der Waals surface area contributed by atoms with Gasteiger partial charge in [-0.05, 0) is 25.0 Å².